The van der Waals surface area contributed by atoms with E-state index in [9.17, 15) is 4.79 Å². The highest BCUT2D eigenvalue weighted by atomic mass is 32.2. The van der Waals surface area contributed by atoms with Gasteiger partial charge in [-0.15, -0.1) is 10.2 Å². The first kappa shape index (κ1) is 12.1. The van der Waals surface area contributed by atoms with Gasteiger partial charge in [-0.1, -0.05) is 41.3 Å². The number of hydrogen-bond donors (Lipinski definition) is 1. The van der Waals surface area contributed by atoms with E-state index in [4.69, 9.17) is 0 Å². The number of aromatic nitrogens is 2. The fourth-order valence-electron chi connectivity index (χ4n) is 1.20. The fraction of sp³-hybridized carbons (Fsp3) is 0.182. The van der Waals surface area contributed by atoms with Gasteiger partial charge in [-0.05, 0) is 12.1 Å². The highest BCUT2D eigenvalue weighted by molar-refractivity contribution is 8.01. The van der Waals surface area contributed by atoms with Gasteiger partial charge < -0.3 is 5.32 Å². The van der Waals surface area contributed by atoms with Crippen LogP contribution in [-0.2, 0) is 4.79 Å². The van der Waals surface area contributed by atoms with E-state index in [-0.39, 0.29) is 5.91 Å². The largest absolute Gasteiger partial charge is 0.326 e. The van der Waals surface area contributed by atoms with E-state index in [0.29, 0.717) is 12.2 Å². The van der Waals surface area contributed by atoms with Gasteiger partial charge in [0.15, 0.2) is 4.34 Å². The minimum absolute atomic E-state index is 0.0215. The number of nitrogens with zero attached hydrogens (tertiary/aromatic N) is 2. The zero-order valence-corrected chi connectivity index (χ0v) is 10.6. The van der Waals surface area contributed by atoms with E-state index in [2.05, 4.69) is 15.5 Å². The van der Waals surface area contributed by atoms with Crippen LogP contribution in [0.25, 0.3) is 0 Å². The lowest BCUT2D eigenvalue weighted by Crippen LogP contribution is -2.11. The molecule has 0 saturated carbocycles. The highest BCUT2D eigenvalue weighted by Gasteiger charge is 2.03. The number of carbonyl (C=O) groups is 1. The summed E-state index contributed by atoms with van der Waals surface area (Å²) in [4.78, 5) is 11.6. The maximum atomic E-state index is 11.6. The Morgan fingerprint density at radius 1 is 1.35 bits per heavy atom. The number of carbonyl (C=O) groups excluding carboxylic acids is 1. The van der Waals surface area contributed by atoms with Crippen molar-refractivity contribution in [3.05, 3.63) is 35.8 Å². The van der Waals surface area contributed by atoms with Crippen LogP contribution in [-0.4, -0.2) is 21.9 Å². The summed E-state index contributed by atoms with van der Waals surface area (Å²) in [5, 5.41) is 10.5. The summed E-state index contributed by atoms with van der Waals surface area (Å²) < 4.78 is 0.900. The molecular weight excluding hydrogens is 254 g/mol. The topological polar surface area (TPSA) is 54.9 Å². The Morgan fingerprint density at radius 3 is 2.88 bits per heavy atom. The zero-order valence-electron chi connectivity index (χ0n) is 9.00. The first-order valence-electron chi connectivity index (χ1n) is 5.08. The van der Waals surface area contributed by atoms with E-state index >= 15 is 0 Å². The van der Waals surface area contributed by atoms with Crippen molar-refractivity contribution in [3.8, 4) is 0 Å². The van der Waals surface area contributed by atoms with Crippen molar-refractivity contribution >= 4 is 34.7 Å². The molecule has 6 heteroatoms. The van der Waals surface area contributed by atoms with Gasteiger partial charge in [0.05, 0.1) is 0 Å². The molecule has 0 radical (unpaired) electrons. The van der Waals surface area contributed by atoms with Gasteiger partial charge in [0, 0.05) is 17.9 Å². The number of rotatable bonds is 5. The Morgan fingerprint density at radius 2 is 2.18 bits per heavy atom. The number of benzene rings is 1. The van der Waals surface area contributed by atoms with Crippen molar-refractivity contribution in [2.45, 2.75) is 10.8 Å². The van der Waals surface area contributed by atoms with Crippen LogP contribution in [0.15, 0.2) is 40.2 Å². The molecular formula is C11H11N3OS2. The standard InChI is InChI=1S/C11H11N3OS2/c15-10(13-9-4-2-1-3-5-9)6-7-16-11-14-12-8-17-11/h1-5,8H,6-7H2,(H,13,15). The molecule has 2 aromatic rings. The molecule has 0 saturated heterocycles. The summed E-state index contributed by atoms with van der Waals surface area (Å²) in [6.45, 7) is 0. The molecule has 0 atom stereocenters. The van der Waals surface area contributed by atoms with Crippen molar-refractivity contribution in [3.63, 3.8) is 0 Å². The van der Waals surface area contributed by atoms with Crippen molar-refractivity contribution in [2.75, 3.05) is 11.1 Å². The molecule has 0 aliphatic carbocycles. The smallest absolute Gasteiger partial charge is 0.225 e. The molecule has 0 unspecified atom stereocenters. The van der Waals surface area contributed by atoms with Gasteiger partial charge >= 0.3 is 0 Å². The average molecular weight is 265 g/mol. The Hall–Kier alpha value is -1.40. The molecule has 1 amide bonds. The number of amides is 1. The van der Waals surface area contributed by atoms with E-state index in [1.54, 1.807) is 17.3 Å². The molecule has 0 aliphatic heterocycles. The monoisotopic (exact) mass is 265 g/mol. The normalized spacial score (nSPS) is 10.1. The Bertz CT molecular complexity index is 459. The van der Waals surface area contributed by atoms with Crippen molar-refractivity contribution in [2.24, 2.45) is 0 Å². The number of hydrogen-bond acceptors (Lipinski definition) is 5. The molecule has 0 spiro atoms. The maximum absolute atomic E-state index is 11.6. The van der Waals surface area contributed by atoms with Gasteiger partial charge in [0.1, 0.15) is 5.51 Å². The van der Waals surface area contributed by atoms with Crippen molar-refractivity contribution < 1.29 is 4.79 Å². The Labute approximate surface area is 107 Å². The van der Waals surface area contributed by atoms with Crippen LogP contribution in [0.1, 0.15) is 6.42 Å². The molecule has 1 aromatic heterocycles. The molecule has 1 N–H and O–H groups in total. The second-order valence-corrected chi connectivity index (χ2v) is 5.39. The third kappa shape index (κ3) is 4.16. The SMILES string of the molecule is O=C(CCSc1nncs1)Nc1ccccc1. The van der Waals surface area contributed by atoms with Gasteiger partial charge in [-0.3, -0.25) is 4.79 Å². The molecule has 2 rings (SSSR count). The second-order valence-electron chi connectivity index (χ2n) is 3.22. The Balaban J connectivity index is 1.71. The summed E-state index contributed by atoms with van der Waals surface area (Å²) >= 11 is 3.04. The summed E-state index contributed by atoms with van der Waals surface area (Å²) in [6.07, 6.45) is 0.471. The lowest BCUT2D eigenvalue weighted by atomic mass is 10.3. The van der Waals surface area contributed by atoms with Gasteiger partial charge in [-0.2, -0.15) is 0 Å². The van der Waals surface area contributed by atoms with Crippen LogP contribution in [0.5, 0.6) is 0 Å². The number of nitrogens with one attached hydrogen (secondary N) is 1. The molecule has 0 aliphatic rings. The average Bonchev–Trinajstić information content (AvgIpc) is 2.83. The van der Waals surface area contributed by atoms with Gasteiger partial charge in [0.2, 0.25) is 5.91 Å². The fourth-order valence-corrected chi connectivity index (χ4v) is 2.70. The minimum Gasteiger partial charge on any atom is -0.326 e. The van der Waals surface area contributed by atoms with E-state index in [0.717, 1.165) is 10.0 Å². The highest BCUT2D eigenvalue weighted by Crippen LogP contribution is 2.19. The molecule has 1 heterocycles. The summed E-state index contributed by atoms with van der Waals surface area (Å²) in [7, 11) is 0. The lowest BCUT2D eigenvalue weighted by molar-refractivity contribution is -0.115. The minimum atomic E-state index is 0.0215. The van der Waals surface area contributed by atoms with Crippen molar-refractivity contribution in [1.29, 1.82) is 0 Å². The van der Waals surface area contributed by atoms with Crippen molar-refractivity contribution in [1.82, 2.24) is 10.2 Å². The van der Waals surface area contributed by atoms with Crippen LogP contribution in [0.2, 0.25) is 0 Å². The summed E-state index contributed by atoms with van der Waals surface area (Å²) in [6, 6.07) is 9.45. The van der Waals surface area contributed by atoms with E-state index in [1.165, 1.54) is 11.3 Å². The van der Waals surface area contributed by atoms with Crippen LogP contribution >= 0.6 is 23.1 Å². The predicted molar refractivity (Wildman–Crippen MR) is 70.3 cm³/mol. The second kappa shape index (κ2) is 6.36. The zero-order chi connectivity index (χ0) is 11.9. The van der Waals surface area contributed by atoms with Gasteiger partial charge in [0.25, 0.3) is 0 Å². The number of thioether (sulfide) groups is 1. The molecule has 4 nitrogen and oxygen atoms in total. The van der Waals surface area contributed by atoms with Gasteiger partial charge in [-0.25, -0.2) is 0 Å². The van der Waals surface area contributed by atoms with Crippen LogP contribution < -0.4 is 5.32 Å². The third-order valence-corrected chi connectivity index (χ3v) is 3.81. The predicted octanol–water partition coefficient (Wildman–Crippen LogP) is 2.66. The molecule has 1 aromatic carbocycles. The number of para-hydroxylation sites is 1. The molecule has 0 bridgehead atoms. The molecule has 88 valence electrons. The first-order chi connectivity index (χ1) is 8.34. The van der Waals surface area contributed by atoms with Crippen LogP contribution in [0, 0.1) is 0 Å². The molecule has 17 heavy (non-hydrogen) atoms. The third-order valence-electron chi connectivity index (χ3n) is 1.95. The summed E-state index contributed by atoms with van der Waals surface area (Å²) in [5.41, 5.74) is 2.52. The lowest BCUT2D eigenvalue weighted by Gasteiger charge is -2.03. The quantitative estimate of drug-likeness (QED) is 0.844. The Kier molecular flexibility index (Phi) is 4.52. The van der Waals surface area contributed by atoms with E-state index in [1.807, 2.05) is 30.3 Å². The van der Waals surface area contributed by atoms with Crippen LogP contribution in [0.4, 0.5) is 5.69 Å². The maximum Gasteiger partial charge on any atom is 0.225 e. The summed E-state index contributed by atoms with van der Waals surface area (Å²) in [5.74, 6) is 0.738. The first-order valence-corrected chi connectivity index (χ1v) is 6.95. The number of anilines is 1. The molecule has 0 fully saturated rings. The van der Waals surface area contributed by atoms with Crippen LogP contribution in [0.3, 0.4) is 0 Å². The van der Waals surface area contributed by atoms with E-state index < -0.39 is 0 Å².